The fourth-order valence-corrected chi connectivity index (χ4v) is 4.71. The lowest BCUT2D eigenvalue weighted by Crippen LogP contribution is -2.10. The van der Waals surface area contributed by atoms with Crippen LogP contribution in [0.25, 0.3) is 21.1 Å². The topological polar surface area (TPSA) is 81.0 Å². The molecule has 3 aromatic rings. The van der Waals surface area contributed by atoms with Crippen LogP contribution in [0.1, 0.15) is 18.0 Å². The quantitative estimate of drug-likeness (QED) is 0.550. The smallest absolute Gasteiger partial charge is 0.266 e. The molecule has 0 amide bonds. The summed E-state index contributed by atoms with van der Waals surface area (Å²) in [5, 5.41) is 15.1. The first-order chi connectivity index (χ1) is 10.6. The number of nitrogens with zero attached hydrogens (tertiary/aromatic N) is 2. The first kappa shape index (κ1) is 12.6. The highest BCUT2D eigenvalue weighted by molar-refractivity contribution is 7.20. The third kappa shape index (κ3) is 1.50. The van der Waals surface area contributed by atoms with Crippen molar-refractivity contribution in [1.29, 1.82) is 0 Å². The van der Waals surface area contributed by atoms with Crippen molar-refractivity contribution in [3.05, 3.63) is 33.6 Å². The molecule has 2 aliphatic heterocycles. The minimum absolute atomic E-state index is 0.206. The SMILES string of the molecule is C[C@@H]1C2CNc3c(sc4ccc5[nH]c(=O)cnc5c34)C(O)N21. The van der Waals surface area contributed by atoms with Crippen LogP contribution in [0.15, 0.2) is 23.1 Å². The molecule has 0 radical (unpaired) electrons. The second-order valence-electron chi connectivity index (χ2n) is 5.93. The van der Waals surface area contributed by atoms with Crippen molar-refractivity contribution in [2.75, 3.05) is 11.9 Å². The number of hydrogen-bond acceptors (Lipinski definition) is 6. The number of aromatic amines is 1. The van der Waals surface area contributed by atoms with E-state index in [0.717, 1.165) is 38.2 Å². The van der Waals surface area contributed by atoms with E-state index in [1.165, 1.54) is 6.20 Å². The summed E-state index contributed by atoms with van der Waals surface area (Å²) in [5.74, 6) is 0. The van der Waals surface area contributed by atoms with E-state index in [-0.39, 0.29) is 5.56 Å². The molecule has 7 heteroatoms. The zero-order valence-corrected chi connectivity index (χ0v) is 12.6. The number of H-pyrrole nitrogens is 1. The second kappa shape index (κ2) is 4.07. The van der Waals surface area contributed by atoms with E-state index in [1.807, 2.05) is 12.1 Å². The van der Waals surface area contributed by atoms with Gasteiger partial charge in [0.1, 0.15) is 6.23 Å². The average Bonchev–Trinajstić information content (AvgIpc) is 3.04. The molecule has 0 aliphatic carbocycles. The Hall–Kier alpha value is -1.96. The van der Waals surface area contributed by atoms with Crippen LogP contribution in [0.5, 0.6) is 0 Å². The first-order valence-corrected chi connectivity index (χ1v) is 8.10. The fourth-order valence-electron chi connectivity index (χ4n) is 3.53. The number of aliphatic hydroxyl groups is 1. The number of rotatable bonds is 0. The molecule has 1 aromatic carbocycles. The predicted molar refractivity (Wildman–Crippen MR) is 86.3 cm³/mol. The number of fused-ring (bicyclic) bond motifs is 6. The molecule has 6 nitrogen and oxygen atoms in total. The van der Waals surface area contributed by atoms with E-state index >= 15 is 0 Å². The van der Waals surface area contributed by atoms with E-state index < -0.39 is 6.23 Å². The maximum absolute atomic E-state index is 11.5. The van der Waals surface area contributed by atoms with Gasteiger partial charge in [-0.2, -0.15) is 0 Å². The van der Waals surface area contributed by atoms with Gasteiger partial charge in [-0.15, -0.1) is 11.3 Å². The number of nitrogens with one attached hydrogen (secondary N) is 2. The molecule has 1 saturated heterocycles. The largest absolute Gasteiger partial charge is 0.382 e. The van der Waals surface area contributed by atoms with Crippen molar-refractivity contribution in [2.45, 2.75) is 25.2 Å². The summed E-state index contributed by atoms with van der Waals surface area (Å²) in [6, 6.07) is 4.64. The van der Waals surface area contributed by atoms with E-state index in [0.29, 0.717) is 12.1 Å². The van der Waals surface area contributed by atoms with Crippen molar-refractivity contribution in [1.82, 2.24) is 14.9 Å². The van der Waals surface area contributed by atoms with Crippen LogP contribution in [-0.2, 0) is 0 Å². The Morgan fingerprint density at radius 3 is 3.18 bits per heavy atom. The highest BCUT2D eigenvalue weighted by Gasteiger charge is 2.50. The zero-order valence-electron chi connectivity index (χ0n) is 11.8. The number of thiophene rings is 1. The predicted octanol–water partition coefficient (Wildman–Crippen LogP) is 1.63. The maximum atomic E-state index is 11.5. The number of benzene rings is 1. The minimum atomic E-state index is -0.569. The molecule has 4 atom stereocenters. The monoisotopic (exact) mass is 314 g/mol. The number of hydrogen-bond donors (Lipinski definition) is 3. The molecule has 2 aromatic heterocycles. The van der Waals surface area contributed by atoms with Gasteiger partial charge in [-0.3, -0.25) is 9.69 Å². The van der Waals surface area contributed by atoms with Gasteiger partial charge >= 0.3 is 0 Å². The Bertz CT molecular complexity index is 979. The normalized spacial score (nSPS) is 29.7. The summed E-state index contributed by atoms with van der Waals surface area (Å²) in [5.41, 5.74) is 2.24. The second-order valence-corrected chi connectivity index (χ2v) is 7.02. The molecule has 0 saturated carbocycles. The van der Waals surface area contributed by atoms with Gasteiger partial charge in [-0.25, -0.2) is 4.98 Å². The van der Waals surface area contributed by atoms with Gasteiger partial charge in [0, 0.05) is 28.7 Å². The van der Waals surface area contributed by atoms with E-state index in [4.69, 9.17) is 0 Å². The first-order valence-electron chi connectivity index (χ1n) is 7.29. The van der Waals surface area contributed by atoms with E-state index in [2.05, 4.69) is 27.1 Å². The van der Waals surface area contributed by atoms with Gasteiger partial charge in [-0.05, 0) is 19.1 Å². The number of anilines is 1. The van der Waals surface area contributed by atoms with Crippen molar-refractivity contribution in [2.24, 2.45) is 0 Å². The van der Waals surface area contributed by atoms with Crippen molar-refractivity contribution >= 4 is 38.1 Å². The van der Waals surface area contributed by atoms with Gasteiger partial charge in [0.2, 0.25) is 0 Å². The summed E-state index contributed by atoms with van der Waals surface area (Å²) < 4.78 is 1.07. The van der Waals surface area contributed by atoms with Crippen molar-refractivity contribution in [3.63, 3.8) is 0 Å². The van der Waals surface area contributed by atoms with E-state index in [9.17, 15) is 9.90 Å². The van der Waals surface area contributed by atoms with Crippen LogP contribution in [-0.4, -0.2) is 38.6 Å². The summed E-state index contributed by atoms with van der Waals surface area (Å²) >= 11 is 1.59. The Labute approximate surface area is 129 Å². The number of aliphatic hydroxyl groups excluding tert-OH is 1. The summed E-state index contributed by atoms with van der Waals surface area (Å²) in [6.07, 6.45) is 0.738. The van der Waals surface area contributed by atoms with Crippen molar-refractivity contribution < 1.29 is 5.11 Å². The Kier molecular flexibility index (Phi) is 2.32. The third-order valence-corrected chi connectivity index (χ3v) is 5.94. The molecule has 0 spiro atoms. The molecule has 2 aliphatic rings. The van der Waals surface area contributed by atoms with E-state index in [1.54, 1.807) is 11.3 Å². The molecule has 0 bridgehead atoms. The van der Waals surface area contributed by atoms with Gasteiger partial charge < -0.3 is 15.4 Å². The van der Waals surface area contributed by atoms with Crippen LogP contribution in [0, 0.1) is 0 Å². The number of aromatic nitrogens is 2. The third-order valence-electron chi connectivity index (χ3n) is 4.75. The van der Waals surface area contributed by atoms with Gasteiger partial charge in [0.25, 0.3) is 5.56 Å². The van der Waals surface area contributed by atoms with Gasteiger partial charge in [-0.1, -0.05) is 0 Å². The summed E-state index contributed by atoms with van der Waals surface area (Å²) in [7, 11) is 0. The average molecular weight is 314 g/mol. The lowest BCUT2D eigenvalue weighted by atomic mass is 10.1. The van der Waals surface area contributed by atoms with Crippen LogP contribution in [0.2, 0.25) is 0 Å². The van der Waals surface area contributed by atoms with Crippen LogP contribution < -0.4 is 10.9 Å². The molecule has 4 heterocycles. The Balaban J connectivity index is 1.83. The summed E-state index contributed by atoms with van der Waals surface area (Å²) in [4.78, 5) is 21.6. The molecule has 22 heavy (non-hydrogen) atoms. The van der Waals surface area contributed by atoms with Gasteiger partial charge in [0.05, 0.1) is 27.8 Å². The van der Waals surface area contributed by atoms with Gasteiger partial charge in [0.15, 0.2) is 0 Å². The molecule has 1 fully saturated rings. The molecule has 3 N–H and O–H groups in total. The molecular formula is C15H14N4O2S. The molecular weight excluding hydrogens is 300 g/mol. The Morgan fingerprint density at radius 2 is 2.32 bits per heavy atom. The highest BCUT2D eigenvalue weighted by atomic mass is 32.1. The Morgan fingerprint density at radius 1 is 1.45 bits per heavy atom. The molecule has 3 unspecified atom stereocenters. The fraction of sp³-hybridized carbons (Fsp3) is 0.333. The standard InChI is InChI=1S/C15H14N4O2S/c1-6-8-4-16-13-11-9(22-14(13)15(21)19(6)8)3-2-7-12(11)17-5-10(20)18-7/h2-3,5-6,8,15-16,21H,4H2,1H3,(H,18,20)/t6-,8?,15?,19?/m1/s1. The molecule has 5 rings (SSSR count). The van der Waals surface area contributed by atoms with Crippen LogP contribution in [0.4, 0.5) is 5.69 Å². The minimum Gasteiger partial charge on any atom is -0.382 e. The molecule has 112 valence electrons. The van der Waals surface area contributed by atoms with Crippen LogP contribution in [0.3, 0.4) is 0 Å². The van der Waals surface area contributed by atoms with Crippen molar-refractivity contribution in [3.8, 4) is 0 Å². The maximum Gasteiger partial charge on any atom is 0.266 e. The lowest BCUT2D eigenvalue weighted by molar-refractivity contribution is 0.0721. The zero-order chi connectivity index (χ0) is 15.0. The lowest BCUT2D eigenvalue weighted by Gasteiger charge is -2.11. The highest BCUT2D eigenvalue weighted by Crippen LogP contribution is 2.49. The summed E-state index contributed by atoms with van der Waals surface area (Å²) in [6.45, 7) is 2.95. The van der Waals surface area contributed by atoms with Crippen LogP contribution >= 0.6 is 11.3 Å².